The van der Waals surface area contributed by atoms with E-state index in [-0.39, 0.29) is 11.9 Å². The smallest absolute Gasteiger partial charge is 0.243 e. The lowest BCUT2D eigenvalue weighted by atomic mass is 10.1. The first-order valence-corrected chi connectivity index (χ1v) is 8.65. The zero-order valence-corrected chi connectivity index (χ0v) is 15.0. The highest BCUT2D eigenvalue weighted by Crippen LogP contribution is 2.18. The maximum Gasteiger partial charge on any atom is 0.243 e. The average Bonchev–Trinajstić information content (AvgIpc) is 2.91. The highest BCUT2D eigenvalue weighted by atomic mass is 79.9. The Morgan fingerprint density at radius 1 is 1.17 bits per heavy atom. The van der Waals surface area contributed by atoms with Gasteiger partial charge in [0.25, 0.3) is 0 Å². The Morgan fingerprint density at radius 2 is 1.88 bits per heavy atom. The van der Waals surface area contributed by atoms with E-state index in [1.54, 1.807) is 4.68 Å². The fourth-order valence-electron chi connectivity index (χ4n) is 2.50. The predicted octanol–water partition coefficient (Wildman–Crippen LogP) is 3.09. The summed E-state index contributed by atoms with van der Waals surface area (Å²) in [4.78, 5) is 16.7. The average molecular weight is 387 g/mol. The molecule has 0 bridgehead atoms. The van der Waals surface area contributed by atoms with Crippen LogP contribution in [0.5, 0.6) is 0 Å². The number of rotatable bonds is 6. The Hall–Kier alpha value is -2.34. The molecule has 0 saturated heterocycles. The Labute approximate surface area is 149 Å². The van der Waals surface area contributed by atoms with Gasteiger partial charge in [-0.2, -0.15) is 0 Å². The summed E-state index contributed by atoms with van der Waals surface area (Å²) in [7, 11) is 0. The fourth-order valence-corrected chi connectivity index (χ4v) is 2.98. The SMILES string of the molecule is C[C@H](Nn1c(Br)nc2ccccc21)C(=O)NCCc1ccccc1. The number of halogens is 1. The molecular formula is C18H19BrN4O. The van der Waals surface area contributed by atoms with Gasteiger partial charge in [-0.3, -0.25) is 4.79 Å². The van der Waals surface area contributed by atoms with Crippen molar-refractivity contribution in [2.45, 2.75) is 19.4 Å². The number of para-hydroxylation sites is 2. The van der Waals surface area contributed by atoms with Crippen molar-refractivity contribution in [3.05, 3.63) is 64.9 Å². The van der Waals surface area contributed by atoms with Crippen LogP contribution in [0.1, 0.15) is 12.5 Å². The van der Waals surface area contributed by atoms with Crippen LogP contribution in [-0.4, -0.2) is 28.2 Å². The Bertz CT molecular complexity index is 831. The van der Waals surface area contributed by atoms with Crippen molar-refractivity contribution in [2.75, 3.05) is 12.0 Å². The molecule has 24 heavy (non-hydrogen) atoms. The Morgan fingerprint density at radius 3 is 2.67 bits per heavy atom. The van der Waals surface area contributed by atoms with Gasteiger partial charge in [0.2, 0.25) is 5.91 Å². The number of nitrogens with zero attached hydrogens (tertiary/aromatic N) is 2. The van der Waals surface area contributed by atoms with Crippen LogP contribution < -0.4 is 10.7 Å². The third-order valence-corrected chi connectivity index (χ3v) is 4.32. The molecule has 2 aromatic carbocycles. The van der Waals surface area contributed by atoms with E-state index in [0.717, 1.165) is 17.5 Å². The van der Waals surface area contributed by atoms with Crippen molar-refractivity contribution in [3.8, 4) is 0 Å². The number of amides is 1. The van der Waals surface area contributed by atoms with E-state index in [0.29, 0.717) is 11.3 Å². The number of hydrogen-bond acceptors (Lipinski definition) is 3. The Kier molecular flexibility index (Phi) is 5.15. The lowest BCUT2D eigenvalue weighted by Gasteiger charge is -2.17. The third kappa shape index (κ3) is 3.76. The van der Waals surface area contributed by atoms with Gasteiger partial charge in [-0.05, 0) is 47.0 Å². The molecule has 0 saturated carbocycles. The van der Waals surface area contributed by atoms with Crippen molar-refractivity contribution in [1.29, 1.82) is 0 Å². The molecular weight excluding hydrogens is 368 g/mol. The van der Waals surface area contributed by atoms with Gasteiger partial charge in [0, 0.05) is 6.54 Å². The zero-order chi connectivity index (χ0) is 16.9. The summed E-state index contributed by atoms with van der Waals surface area (Å²) in [5.41, 5.74) is 6.18. The van der Waals surface area contributed by atoms with Crippen molar-refractivity contribution < 1.29 is 4.79 Å². The largest absolute Gasteiger partial charge is 0.354 e. The quantitative estimate of drug-likeness (QED) is 0.684. The number of hydrogen-bond donors (Lipinski definition) is 2. The van der Waals surface area contributed by atoms with Crippen LogP contribution in [0.15, 0.2) is 59.3 Å². The molecule has 1 amide bonds. The normalized spacial score (nSPS) is 12.1. The number of carbonyl (C=O) groups excluding carboxylic acids is 1. The second kappa shape index (κ2) is 7.49. The molecule has 3 aromatic rings. The minimum Gasteiger partial charge on any atom is -0.354 e. The van der Waals surface area contributed by atoms with Crippen LogP contribution in [0.25, 0.3) is 11.0 Å². The van der Waals surface area contributed by atoms with Crippen LogP contribution in [0.2, 0.25) is 0 Å². The van der Waals surface area contributed by atoms with E-state index in [4.69, 9.17) is 0 Å². The van der Waals surface area contributed by atoms with Crippen molar-refractivity contribution in [1.82, 2.24) is 15.0 Å². The van der Waals surface area contributed by atoms with Gasteiger partial charge in [0.1, 0.15) is 6.04 Å². The summed E-state index contributed by atoms with van der Waals surface area (Å²) in [6, 6.07) is 17.5. The highest BCUT2D eigenvalue weighted by Gasteiger charge is 2.15. The molecule has 0 unspecified atom stereocenters. The lowest BCUT2D eigenvalue weighted by molar-refractivity contribution is -0.121. The second-order valence-corrected chi connectivity index (χ2v) is 6.29. The van der Waals surface area contributed by atoms with Gasteiger partial charge < -0.3 is 10.7 Å². The van der Waals surface area contributed by atoms with Crippen LogP contribution in [0.3, 0.4) is 0 Å². The molecule has 5 nitrogen and oxygen atoms in total. The predicted molar refractivity (Wildman–Crippen MR) is 99.4 cm³/mol. The molecule has 2 N–H and O–H groups in total. The maximum atomic E-state index is 12.3. The zero-order valence-electron chi connectivity index (χ0n) is 13.4. The number of benzene rings is 2. The van der Waals surface area contributed by atoms with Crippen LogP contribution in [0, 0.1) is 0 Å². The first-order valence-electron chi connectivity index (χ1n) is 7.86. The number of imidazole rings is 1. The summed E-state index contributed by atoms with van der Waals surface area (Å²) in [5, 5.41) is 2.96. The highest BCUT2D eigenvalue weighted by molar-refractivity contribution is 9.10. The summed E-state index contributed by atoms with van der Waals surface area (Å²) >= 11 is 3.43. The molecule has 1 aromatic heterocycles. The van der Waals surface area contributed by atoms with Gasteiger partial charge in [-0.15, -0.1) is 0 Å². The summed E-state index contributed by atoms with van der Waals surface area (Å²) in [6.07, 6.45) is 0.816. The maximum absolute atomic E-state index is 12.3. The van der Waals surface area contributed by atoms with E-state index in [9.17, 15) is 4.79 Å². The molecule has 0 aliphatic carbocycles. The lowest BCUT2D eigenvalue weighted by Crippen LogP contribution is -2.41. The van der Waals surface area contributed by atoms with Crippen molar-refractivity contribution >= 4 is 32.9 Å². The molecule has 1 heterocycles. The summed E-state index contributed by atoms with van der Waals surface area (Å²) in [5.74, 6) is -0.0457. The van der Waals surface area contributed by atoms with Crippen molar-refractivity contribution in [3.63, 3.8) is 0 Å². The molecule has 3 rings (SSSR count). The molecule has 0 aliphatic rings. The molecule has 1 atom stereocenters. The van der Waals surface area contributed by atoms with Gasteiger partial charge in [0.15, 0.2) is 4.73 Å². The van der Waals surface area contributed by atoms with Crippen molar-refractivity contribution in [2.24, 2.45) is 0 Å². The van der Waals surface area contributed by atoms with Crippen LogP contribution >= 0.6 is 15.9 Å². The van der Waals surface area contributed by atoms with Gasteiger partial charge in [0.05, 0.1) is 11.0 Å². The molecule has 0 radical (unpaired) electrons. The minimum absolute atomic E-state index is 0.0457. The van der Waals surface area contributed by atoms with Gasteiger partial charge in [-0.1, -0.05) is 42.5 Å². The second-order valence-electron chi connectivity index (χ2n) is 5.58. The number of aromatic nitrogens is 2. The molecule has 6 heteroatoms. The van der Waals surface area contributed by atoms with E-state index < -0.39 is 0 Å². The topological polar surface area (TPSA) is 59.0 Å². The molecule has 0 spiro atoms. The monoisotopic (exact) mass is 386 g/mol. The summed E-state index contributed by atoms with van der Waals surface area (Å²) < 4.78 is 2.43. The molecule has 124 valence electrons. The molecule has 0 aliphatic heterocycles. The van der Waals surface area contributed by atoms with E-state index in [2.05, 4.69) is 43.8 Å². The number of nitrogens with one attached hydrogen (secondary N) is 2. The van der Waals surface area contributed by atoms with Gasteiger partial charge >= 0.3 is 0 Å². The number of fused-ring (bicyclic) bond motifs is 1. The molecule has 0 fully saturated rings. The minimum atomic E-state index is -0.380. The van der Waals surface area contributed by atoms with E-state index >= 15 is 0 Å². The number of carbonyl (C=O) groups is 1. The van der Waals surface area contributed by atoms with E-state index in [1.165, 1.54) is 5.56 Å². The third-order valence-electron chi connectivity index (χ3n) is 3.79. The summed E-state index contributed by atoms with van der Waals surface area (Å²) in [6.45, 7) is 2.44. The van der Waals surface area contributed by atoms with Gasteiger partial charge in [-0.25, -0.2) is 9.66 Å². The fraction of sp³-hybridized carbons (Fsp3) is 0.222. The van der Waals surface area contributed by atoms with E-state index in [1.807, 2.05) is 49.4 Å². The Balaban J connectivity index is 1.58. The first-order chi connectivity index (χ1) is 11.6. The first kappa shape index (κ1) is 16.5. The standard InChI is InChI=1S/C18H19BrN4O/c1-13(17(24)20-12-11-14-7-3-2-4-8-14)22-23-16-10-6-5-9-15(16)21-18(23)19/h2-10,13,22H,11-12H2,1H3,(H,20,24)/t13-/m0/s1. The van der Waals surface area contributed by atoms with Crippen LogP contribution in [0.4, 0.5) is 0 Å². The van der Waals surface area contributed by atoms with Crippen LogP contribution in [-0.2, 0) is 11.2 Å².